The number of benzene rings is 1. The van der Waals surface area contributed by atoms with E-state index in [1.807, 2.05) is 24.3 Å². The minimum Gasteiger partial charge on any atom is -0.381 e. The van der Waals surface area contributed by atoms with E-state index in [1.54, 1.807) is 0 Å². The number of carbonyl (C=O) groups is 1. The summed E-state index contributed by atoms with van der Waals surface area (Å²) in [6, 6.07) is 11.6. The molecule has 6 rings (SSSR count). The SMILES string of the molecule is COC1C[C@H]2CC[C@@H](C1)N2c1ccc2c(c1)N(C(=O)C1CCC(OC(C)C)CC1)Cc1cccnc1N2. The molecule has 1 aromatic carbocycles. The molecule has 4 aliphatic rings. The normalized spacial score (nSPS) is 28.9. The first kappa shape index (κ1) is 24.7. The Kier molecular flexibility index (Phi) is 6.84. The van der Waals surface area contributed by atoms with Gasteiger partial charge in [0.25, 0.3) is 0 Å². The van der Waals surface area contributed by atoms with Gasteiger partial charge in [-0.05, 0) is 89.5 Å². The average molecular weight is 505 g/mol. The quantitative estimate of drug-likeness (QED) is 0.555. The first-order valence-corrected chi connectivity index (χ1v) is 14.1. The van der Waals surface area contributed by atoms with Gasteiger partial charge in [-0.2, -0.15) is 0 Å². The summed E-state index contributed by atoms with van der Waals surface area (Å²) in [7, 11) is 1.84. The Morgan fingerprint density at radius 3 is 2.49 bits per heavy atom. The highest BCUT2D eigenvalue weighted by Gasteiger charge is 2.41. The van der Waals surface area contributed by atoms with Crippen LogP contribution in [0.3, 0.4) is 0 Å². The van der Waals surface area contributed by atoms with Gasteiger partial charge >= 0.3 is 0 Å². The summed E-state index contributed by atoms with van der Waals surface area (Å²) in [6.07, 6.45) is 10.9. The Balaban J connectivity index is 1.30. The van der Waals surface area contributed by atoms with Crippen molar-refractivity contribution in [1.82, 2.24) is 4.98 Å². The fourth-order valence-electron chi connectivity index (χ4n) is 7.06. The third-order valence-electron chi connectivity index (χ3n) is 8.82. The lowest BCUT2D eigenvalue weighted by atomic mass is 9.86. The van der Waals surface area contributed by atoms with Crippen LogP contribution in [0.2, 0.25) is 0 Å². The molecule has 1 aromatic heterocycles. The Labute approximate surface area is 220 Å². The summed E-state index contributed by atoms with van der Waals surface area (Å²) in [4.78, 5) is 23.3. The van der Waals surface area contributed by atoms with Gasteiger partial charge < -0.3 is 24.6 Å². The van der Waals surface area contributed by atoms with Gasteiger partial charge in [-0.1, -0.05) is 6.07 Å². The van der Waals surface area contributed by atoms with Crippen molar-refractivity contribution in [2.75, 3.05) is 22.2 Å². The number of ether oxygens (including phenoxy) is 2. The predicted octanol–water partition coefficient (Wildman–Crippen LogP) is 5.80. The lowest BCUT2D eigenvalue weighted by Crippen LogP contribution is -2.45. The molecule has 3 aliphatic heterocycles. The van der Waals surface area contributed by atoms with E-state index in [0.717, 1.165) is 61.3 Å². The maximum Gasteiger partial charge on any atom is 0.230 e. The Morgan fingerprint density at radius 1 is 1.03 bits per heavy atom. The second-order valence-electron chi connectivity index (χ2n) is 11.5. The zero-order valence-electron chi connectivity index (χ0n) is 22.4. The molecule has 1 amide bonds. The highest BCUT2D eigenvalue weighted by molar-refractivity contribution is 6.00. The van der Waals surface area contributed by atoms with Crippen LogP contribution in [0.5, 0.6) is 0 Å². The van der Waals surface area contributed by atoms with Gasteiger partial charge in [0, 0.05) is 42.6 Å². The third-order valence-corrected chi connectivity index (χ3v) is 8.82. The van der Waals surface area contributed by atoms with Crippen LogP contribution in [-0.2, 0) is 20.8 Å². The molecule has 2 aromatic rings. The van der Waals surface area contributed by atoms with Gasteiger partial charge in [0.1, 0.15) is 5.82 Å². The van der Waals surface area contributed by atoms with Crippen LogP contribution >= 0.6 is 0 Å². The van der Waals surface area contributed by atoms with Crippen LogP contribution in [0.4, 0.5) is 22.9 Å². The van der Waals surface area contributed by atoms with Crippen molar-refractivity contribution in [3.05, 3.63) is 42.1 Å². The topological polar surface area (TPSA) is 66.9 Å². The molecular weight excluding hydrogens is 464 g/mol. The van der Waals surface area contributed by atoms with Crippen molar-refractivity contribution in [3.8, 4) is 0 Å². The summed E-state index contributed by atoms with van der Waals surface area (Å²) >= 11 is 0. The summed E-state index contributed by atoms with van der Waals surface area (Å²) in [5.74, 6) is 1.08. The van der Waals surface area contributed by atoms with Gasteiger partial charge in [-0.25, -0.2) is 4.98 Å². The molecular formula is C30H40N4O3. The molecule has 4 heterocycles. The molecule has 1 saturated carbocycles. The fourth-order valence-corrected chi connectivity index (χ4v) is 7.06. The molecule has 2 bridgehead atoms. The number of amides is 1. The van der Waals surface area contributed by atoms with E-state index in [4.69, 9.17) is 9.47 Å². The van der Waals surface area contributed by atoms with Gasteiger partial charge in [0.2, 0.25) is 5.91 Å². The molecule has 2 saturated heterocycles. The van der Waals surface area contributed by atoms with E-state index >= 15 is 0 Å². The third kappa shape index (κ3) is 4.84. The smallest absolute Gasteiger partial charge is 0.230 e. The van der Waals surface area contributed by atoms with E-state index < -0.39 is 0 Å². The lowest BCUT2D eigenvalue weighted by Gasteiger charge is -2.40. The number of nitrogens with one attached hydrogen (secondary N) is 1. The van der Waals surface area contributed by atoms with E-state index in [-0.39, 0.29) is 24.0 Å². The number of anilines is 4. The second kappa shape index (κ2) is 10.3. The van der Waals surface area contributed by atoms with Crippen molar-refractivity contribution < 1.29 is 14.3 Å². The van der Waals surface area contributed by atoms with Crippen LogP contribution < -0.4 is 15.1 Å². The number of rotatable bonds is 5. The zero-order chi connectivity index (χ0) is 25.5. The van der Waals surface area contributed by atoms with Gasteiger partial charge in [-0.3, -0.25) is 4.79 Å². The van der Waals surface area contributed by atoms with Gasteiger partial charge in [0.05, 0.1) is 36.2 Å². The predicted molar refractivity (Wildman–Crippen MR) is 146 cm³/mol. The van der Waals surface area contributed by atoms with Crippen LogP contribution in [0, 0.1) is 5.92 Å². The van der Waals surface area contributed by atoms with Crippen molar-refractivity contribution in [1.29, 1.82) is 0 Å². The van der Waals surface area contributed by atoms with Gasteiger partial charge in [0.15, 0.2) is 0 Å². The number of fused-ring (bicyclic) bond motifs is 4. The van der Waals surface area contributed by atoms with E-state index in [2.05, 4.69) is 53.3 Å². The number of methoxy groups -OCH3 is 1. The van der Waals surface area contributed by atoms with Crippen LogP contribution in [0.15, 0.2) is 36.5 Å². The minimum atomic E-state index is 0.0235. The average Bonchev–Trinajstić information content (AvgIpc) is 3.07. The summed E-state index contributed by atoms with van der Waals surface area (Å²) in [5.41, 5.74) is 4.18. The lowest BCUT2D eigenvalue weighted by molar-refractivity contribution is -0.124. The Bertz CT molecular complexity index is 1120. The molecule has 3 fully saturated rings. The number of hydrogen-bond acceptors (Lipinski definition) is 6. The summed E-state index contributed by atoms with van der Waals surface area (Å²) in [5, 5.41) is 3.54. The molecule has 0 spiro atoms. The molecule has 1 unspecified atom stereocenters. The summed E-state index contributed by atoms with van der Waals surface area (Å²) in [6.45, 7) is 4.71. The minimum absolute atomic E-state index is 0.0235. The van der Waals surface area contributed by atoms with E-state index in [1.165, 1.54) is 18.5 Å². The molecule has 198 valence electrons. The maximum atomic E-state index is 14.1. The van der Waals surface area contributed by atoms with Crippen LogP contribution in [0.1, 0.15) is 70.8 Å². The second-order valence-corrected chi connectivity index (χ2v) is 11.5. The zero-order valence-corrected chi connectivity index (χ0v) is 22.4. The fraction of sp³-hybridized carbons (Fsp3) is 0.600. The molecule has 1 aliphatic carbocycles. The Morgan fingerprint density at radius 2 is 1.78 bits per heavy atom. The largest absolute Gasteiger partial charge is 0.381 e. The number of piperidine rings is 1. The molecule has 3 atom stereocenters. The number of aromatic nitrogens is 1. The van der Waals surface area contributed by atoms with Crippen LogP contribution in [0.25, 0.3) is 0 Å². The van der Waals surface area contributed by atoms with Crippen molar-refractivity contribution >= 4 is 28.8 Å². The van der Waals surface area contributed by atoms with Crippen molar-refractivity contribution in [2.24, 2.45) is 5.92 Å². The van der Waals surface area contributed by atoms with Crippen molar-refractivity contribution in [2.45, 2.75) is 102 Å². The van der Waals surface area contributed by atoms with E-state index in [9.17, 15) is 4.79 Å². The highest BCUT2D eigenvalue weighted by atomic mass is 16.5. The number of pyridine rings is 1. The molecule has 0 radical (unpaired) electrons. The Hall–Kier alpha value is -2.64. The highest BCUT2D eigenvalue weighted by Crippen LogP contribution is 2.44. The number of carbonyl (C=O) groups excluding carboxylic acids is 1. The van der Waals surface area contributed by atoms with Crippen molar-refractivity contribution in [3.63, 3.8) is 0 Å². The van der Waals surface area contributed by atoms with E-state index in [0.29, 0.717) is 24.7 Å². The van der Waals surface area contributed by atoms with Gasteiger partial charge in [-0.15, -0.1) is 0 Å². The monoisotopic (exact) mass is 504 g/mol. The maximum absolute atomic E-state index is 14.1. The number of hydrogen-bond donors (Lipinski definition) is 1. The first-order valence-electron chi connectivity index (χ1n) is 14.1. The first-order chi connectivity index (χ1) is 18.0. The number of nitrogens with zero attached hydrogens (tertiary/aromatic N) is 3. The molecule has 7 nitrogen and oxygen atoms in total. The summed E-state index contributed by atoms with van der Waals surface area (Å²) < 4.78 is 11.8. The molecule has 37 heavy (non-hydrogen) atoms. The molecule has 1 N–H and O–H groups in total. The van der Waals surface area contributed by atoms with Crippen LogP contribution in [-0.4, -0.2) is 48.4 Å². The molecule has 7 heteroatoms. The standard InChI is InChI=1S/C30H40N4O3/c1-19(2)37-25-11-6-20(7-12-25)30(35)33-18-21-5-4-14-31-29(21)32-27-13-10-24(17-28(27)33)34-22-8-9-23(34)16-26(15-22)36-3/h4-5,10,13-14,17,19-20,22-23,25-26H,6-9,11-12,15-16,18H2,1-3H3,(H,31,32)/t20?,22-,23+,25?,26?.